The Kier molecular flexibility index (Phi) is 5.37. The van der Waals surface area contributed by atoms with Crippen LogP contribution in [-0.2, 0) is 4.74 Å². The van der Waals surface area contributed by atoms with Crippen LogP contribution in [0, 0.1) is 16.0 Å². The zero-order valence-corrected chi connectivity index (χ0v) is 13.1. The molecular weight excluding hydrogens is 324 g/mol. The minimum atomic E-state index is -0.311. The Morgan fingerprint density at radius 3 is 2.75 bits per heavy atom. The van der Waals surface area contributed by atoms with E-state index in [0.717, 1.165) is 43.6 Å². The Labute approximate surface area is 127 Å². The average molecular weight is 343 g/mol. The Morgan fingerprint density at radius 1 is 1.45 bits per heavy atom. The Hall–Kier alpha value is -1.14. The van der Waals surface area contributed by atoms with Crippen LogP contribution in [0.5, 0.6) is 0 Å². The monoisotopic (exact) mass is 342 g/mol. The Balaban J connectivity index is 2.06. The second-order valence-electron chi connectivity index (χ2n) is 4.98. The van der Waals surface area contributed by atoms with Gasteiger partial charge in [-0.2, -0.15) is 0 Å². The molecule has 1 saturated heterocycles. The molecule has 5 nitrogen and oxygen atoms in total. The van der Waals surface area contributed by atoms with Gasteiger partial charge in [0.05, 0.1) is 4.92 Å². The van der Waals surface area contributed by atoms with Gasteiger partial charge in [0.1, 0.15) is 5.69 Å². The van der Waals surface area contributed by atoms with Crippen LogP contribution in [0.25, 0.3) is 0 Å². The minimum Gasteiger partial charge on any atom is -0.381 e. The van der Waals surface area contributed by atoms with E-state index in [2.05, 4.69) is 20.8 Å². The highest BCUT2D eigenvalue weighted by molar-refractivity contribution is 9.10. The maximum absolute atomic E-state index is 11.1. The van der Waals surface area contributed by atoms with Crippen molar-refractivity contribution in [1.29, 1.82) is 0 Å². The second-order valence-corrected chi connectivity index (χ2v) is 5.90. The molecule has 0 aliphatic carbocycles. The molecule has 2 rings (SSSR count). The summed E-state index contributed by atoms with van der Waals surface area (Å²) >= 11 is 3.39. The third-order valence-corrected chi connectivity index (χ3v) is 4.14. The summed E-state index contributed by atoms with van der Waals surface area (Å²) in [6, 6.07) is 5.11. The maximum Gasteiger partial charge on any atom is 0.292 e. The van der Waals surface area contributed by atoms with Crippen LogP contribution in [0.1, 0.15) is 19.8 Å². The molecule has 0 unspecified atom stereocenters. The largest absolute Gasteiger partial charge is 0.381 e. The molecule has 0 saturated carbocycles. The van der Waals surface area contributed by atoms with Gasteiger partial charge in [-0.25, -0.2) is 0 Å². The first-order valence-corrected chi connectivity index (χ1v) is 7.67. The molecule has 0 N–H and O–H groups in total. The van der Waals surface area contributed by atoms with Crippen molar-refractivity contribution in [2.45, 2.75) is 19.8 Å². The number of hydrogen-bond donors (Lipinski definition) is 0. The third-order valence-electron chi connectivity index (χ3n) is 3.65. The number of nitro groups is 1. The highest BCUT2D eigenvalue weighted by Gasteiger charge is 2.24. The van der Waals surface area contributed by atoms with Gasteiger partial charge in [-0.3, -0.25) is 10.1 Å². The number of nitro benzene ring substituents is 1. The standard InChI is InChI=1S/C14H19BrN2O3/c1-2-20-10-11-5-7-16(8-6-11)14-9-12(15)3-4-13(14)17(18)19/h3-4,9,11H,2,5-8,10H2,1H3. The highest BCUT2D eigenvalue weighted by atomic mass is 79.9. The predicted octanol–water partition coefficient (Wildman–Crippen LogP) is 3.61. The molecule has 0 amide bonds. The first-order valence-electron chi connectivity index (χ1n) is 6.88. The van der Waals surface area contributed by atoms with Gasteiger partial charge in [0.25, 0.3) is 5.69 Å². The lowest BCUT2D eigenvalue weighted by molar-refractivity contribution is -0.384. The summed E-state index contributed by atoms with van der Waals surface area (Å²) in [6.45, 7) is 5.23. The van der Waals surface area contributed by atoms with Gasteiger partial charge >= 0.3 is 0 Å². The highest BCUT2D eigenvalue weighted by Crippen LogP contribution is 2.33. The second kappa shape index (κ2) is 7.04. The molecular formula is C14H19BrN2O3. The van der Waals surface area contributed by atoms with E-state index in [1.807, 2.05) is 13.0 Å². The summed E-state index contributed by atoms with van der Waals surface area (Å²) in [6.07, 6.45) is 2.04. The van der Waals surface area contributed by atoms with Crippen LogP contribution in [0.3, 0.4) is 0 Å². The molecule has 20 heavy (non-hydrogen) atoms. The van der Waals surface area contributed by atoms with E-state index < -0.39 is 0 Å². The van der Waals surface area contributed by atoms with Gasteiger partial charge in [-0.1, -0.05) is 15.9 Å². The van der Waals surface area contributed by atoms with Crippen LogP contribution in [-0.4, -0.2) is 31.2 Å². The fourth-order valence-electron chi connectivity index (χ4n) is 2.53. The molecule has 1 aromatic rings. The minimum absolute atomic E-state index is 0.177. The number of benzene rings is 1. The van der Waals surface area contributed by atoms with E-state index in [0.29, 0.717) is 11.6 Å². The summed E-state index contributed by atoms with van der Waals surface area (Å²) < 4.78 is 6.33. The normalized spacial score (nSPS) is 16.4. The van der Waals surface area contributed by atoms with Crippen molar-refractivity contribution >= 4 is 27.3 Å². The number of ether oxygens (including phenoxy) is 1. The van der Waals surface area contributed by atoms with Crippen molar-refractivity contribution in [3.05, 3.63) is 32.8 Å². The smallest absolute Gasteiger partial charge is 0.292 e. The lowest BCUT2D eigenvalue weighted by atomic mass is 9.97. The van der Waals surface area contributed by atoms with Crippen LogP contribution in [0.4, 0.5) is 11.4 Å². The Bertz CT molecular complexity index is 473. The van der Waals surface area contributed by atoms with Gasteiger partial charge in [0.15, 0.2) is 0 Å². The molecule has 110 valence electrons. The molecule has 0 spiro atoms. The van der Waals surface area contributed by atoms with Gasteiger partial charge in [0.2, 0.25) is 0 Å². The lowest BCUT2D eigenvalue weighted by Gasteiger charge is -2.33. The quantitative estimate of drug-likeness (QED) is 0.605. The summed E-state index contributed by atoms with van der Waals surface area (Å²) in [4.78, 5) is 12.9. The van der Waals surface area contributed by atoms with Crippen molar-refractivity contribution in [3.63, 3.8) is 0 Å². The number of hydrogen-bond acceptors (Lipinski definition) is 4. The maximum atomic E-state index is 11.1. The molecule has 1 aliphatic rings. The fourth-order valence-corrected chi connectivity index (χ4v) is 2.88. The summed E-state index contributed by atoms with van der Waals surface area (Å²) in [7, 11) is 0. The van der Waals surface area contributed by atoms with Crippen molar-refractivity contribution in [2.75, 3.05) is 31.2 Å². The summed E-state index contributed by atoms with van der Waals surface area (Å²) in [5.41, 5.74) is 0.885. The summed E-state index contributed by atoms with van der Waals surface area (Å²) in [5.74, 6) is 0.567. The van der Waals surface area contributed by atoms with E-state index in [-0.39, 0.29) is 10.6 Å². The van der Waals surface area contributed by atoms with Crippen LogP contribution >= 0.6 is 15.9 Å². The van der Waals surface area contributed by atoms with E-state index in [4.69, 9.17) is 4.74 Å². The number of halogens is 1. The van der Waals surface area contributed by atoms with Gasteiger partial charge < -0.3 is 9.64 Å². The van der Waals surface area contributed by atoms with E-state index in [1.54, 1.807) is 12.1 Å². The molecule has 0 radical (unpaired) electrons. The number of anilines is 1. The topological polar surface area (TPSA) is 55.6 Å². The number of rotatable bonds is 5. The van der Waals surface area contributed by atoms with Gasteiger partial charge in [-0.15, -0.1) is 0 Å². The molecule has 0 atom stereocenters. The third kappa shape index (κ3) is 3.70. The predicted molar refractivity (Wildman–Crippen MR) is 82.2 cm³/mol. The molecule has 1 aromatic carbocycles. The molecule has 0 bridgehead atoms. The average Bonchev–Trinajstić information content (AvgIpc) is 2.45. The fraction of sp³-hybridized carbons (Fsp3) is 0.571. The van der Waals surface area contributed by atoms with Gasteiger partial charge in [0, 0.05) is 36.8 Å². The van der Waals surface area contributed by atoms with Crippen LogP contribution < -0.4 is 4.90 Å². The first-order chi connectivity index (χ1) is 9.61. The zero-order chi connectivity index (χ0) is 14.5. The Morgan fingerprint density at radius 2 is 2.15 bits per heavy atom. The van der Waals surface area contributed by atoms with E-state index in [1.165, 1.54) is 0 Å². The van der Waals surface area contributed by atoms with Crippen molar-refractivity contribution in [3.8, 4) is 0 Å². The molecule has 1 fully saturated rings. The van der Waals surface area contributed by atoms with Crippen LogP contribution in [0.15, 0.2) is 22.7 Å². The van der Waals surface area contributed by atoms with Crippen molar-refractivity contribution < 1.29 is 9.66 Å². The first kappa shape index (κ1) is 15.3. The SMILES string of the molecule is CCOCC1CCN(c2cc(Br)ccc2[N+](=O)[O-])CC1. The molecule has 1 heterocycles. The number of nitrogens with zero attached hydrogens (tertiary/aromatic N) is 2. The van der Waals surface area contributed by atoms with Crippen molar-refractivity contribution in [2.24, 2.45) is 5.92 Å². The van der Waals surface area contributed by atoms with E-state index >= 15 is 0 Å². The molecule has 6 heteroatoms. The van der Waals surface area contributed by atoms with Gasteiger partial charge in [-0.05, 0) is 37.8 Å². The van der Waals surface area contributed by atoms with Crippen molar-refractivity contribution in [1.82, 2.24) is 0 Å². The van der Waals surface area contributed by atoms with E-state index in [9.17, 15) is 10.1 Å². The lowest BCUT2D eigenvalue weighted by Crippen LogP contribution is -2.35. The summed E-state index contributed by atoms with van der Waals surface area (Å²) in [5, 5.41) is 11.1. The van der Waals surface area contributed by atoms with Crippen LogP contribution in [0.2, 0.25) is 0 Å². The number of piperidine rings is 1. The zero-order valence-electron chi connectivity index (χ0n) is 11.5. The molecule has 1 aliphatic heterocycles. The molecule has 0 aromatic heterocycles.